The molecule has 1 rings (SSSR count). The van der Waals surface area contributed by atoms with E-state index >= 15 is 0 Å². The Morgan fingerprint density at radius 2 is 2.33 bits per heavy atom. The van der Waals surface area contributed by atoms with E-state index in [1.807, 2.05) is 7.05 Å². The van der Waals surface area contributed by atoms with E-state index in [4.69, 9.17) is 9.47 Å². The Kier molecular flexibility index (Phi) is 5.73. The van der Waals surface area contributed by atoms with Crippen LogP contribution < -0.4 is 5.32 Å². The fourth-order valence-electron chi connectivity index (χ4n) is 1.77. The second-order valence-electron chi connectivity index (χ2n) is 4.06. The largest absolute Gasteiger partial charge is 0.497 e. The van der Waals surface area contributed by atoms with Crippen LogP contribution in [0, 0.1) is 0 Å². The number of hydrogen-bond acceptors (Lipinski definition) is 3. The second kappa shape index (κ2) is 6.85. The zero-order valence-electron chi connectivity index (χ0n) is 10.1. The van der Waals surface area contributed by atoms with E-state index in [-0.39, 0.29) is 0 Å². The van der Waals surface area contributed by atoms with Gasteiger partial charge in [0.25, 0.3) is 0 Å². The lowest BCUT2D eigenvalue weighted by atomic mass is 10.0. The van der Waals surface area contributed by atoms with Gasteiger partial charge in [-0.3, -0.25) is 0 Å². The molecule has 3 heteroatoms. The Morgan fingerprint density at radius 1 is 1.53 bits per heavy atom. The van der Waals surface area contributed by atoms with E-state index in [0.29, 0.717) is 12.1 Å². The molecule has 2 atom stereocenters. The van der Waals surface area contributed by atoms with E-state index in [1.54, 1.807) is 7.11 Å². The highest BCUT2D eigenvalue weighted by atomic mass is 16.5. The normalized spacial score (nSPS) is 20.3. The summed E-state index contributed by atoms with van der Waals surface area (Å²) in [7, 11) is 3.75. The Balaban J connectivity index is 2.37. The third-order valence-corrected chi connectivity index (χ3v) is 2.92. The van der Waals surface area contributed by atoms with Crippen LogP contribution in [0.25, 0.3) is 0 Å². The Labute approximate surface area is 92.8 Å². The zero-order valence-corrected chi connectivity index (χ0v) is 10.1. The fraction of sp³-hybridized carbons (Fsp3) is 0.833. The average Bonchev–Trinajstić information content (AvgIpc) is 2.31. The molecule has 2 unspecified atom stereocenters. The van der Waals surface area contributed by atoms with Gasteiger partial charge in [0.15, 0.2) is 0 Å². The molecular weight excluding hydrogens is 190 g/mol. The lowest BCUT2D eigenvalue weighted by molar-refractivity contribution is 0.102. The molecule has 1 aliphatic rings. The van der Waals surface area contributed by atoms with Gasteiger partial charge in [-0.2, -0.15) is 0 Å². The van der Waals surface area contributed by atoms with E-state index in [1.165, 1.54) is 0 Å². The van der Waals surface area contributed by atoms with Gasteiger partial charge < -0.3 is 14.8 Å². The van der Waals surface area contributed by atoms with Gasteiger partial charge in [-0.1, -0.05) is 0 Å². The van der Waals surface area contributed by atoms with Gasteiger partial charge in [0.1, 0.15) is 5.76 Å². The number of allylic oxidation sites excluding steroid dienone is 1. The van der Waals surface area contributed by atoms with Crippen molar-refractivity contribution in [1.29, 1.82) is 0 Å². The summed E-state index contributed by atoms with van der Waals surface area (Å²) in [5.41, 5.74) is 0. The van der Waals surface area contributed by atoms with Crippen LogP contribution in [0.3, 0.4) is 0 Å². The smallest absolute Gasteiger partial charge is 0.109 e. The molecule has 0 aromatic rings. The van der Waals surface area contributed by atoms with Crippen molar-refractivity contribution in [2.75, 3.05) is 20.8 Å². The molecule has 0 saturated heterocycles. The molecule has 0 radical (unpaired) electrons. The van der Waals surface area contributed by atoms with Gasteiger partial charge >= 0.3 is 0 Å². The third-order valence-electron chi connectivity index (χ3n) is 2.92. The molecule has 0 aromatic heterocycles. The standard InChI is InChI=1S/C12H23NO2/c1-10(14-3)7-8-11(13-2)12-6-4-5-9-15-12/h6,10-11,13H,4-5,7-9H2,1-3H3. The van der Waals surface area contributed by atoms with Gasteiger partial charge in [-0.25, -0.2) is 0 Å². The highest BCUT2D eigenvalue weighted by Crippen LogP contribution is 2.17. The summed E-state index contributed by atoms with van der Waals surface area (Å²) in [5, 5.41) is 3.30. The summed E-state index contributed by atoms with van der Waals surface area (Å²) in [6.07, 6.45) is 6.95. The molecule has 1 aliphatic heterocycles. The first-order valence-electron chi connectivity index (χ1n) is 5.80. The van der Waals surface area contributed by atoms with Crippen molar-refractivity contribution in [2.45, 2.75) is 44.8 Å². The van der Waals surface area contributed by atoms with Gasteiger partial charge in [-0.15, -0.1) is 0 Å². The minimum atomic E-state index is 0.324. The maximum absolute atomic E-state index is 5.65. The van der Waals surface area contributed by atoms with Crippen molar-refractivity contribution in [3.63, 3.8) is 0 Å². The molecule has 0 fully saturated rings. The highest BCUT2D eigenvalue weighted by molar-refractivity contribution is 5.05. The van der Waals surface area contributed by atoms with Crippen LogP contribution in [-0.2, 0) is 9.47 Å². The van der Waals surface area contributed by atoms with Crippen molar-refractivity contribution in [1.82, 2.24) is 5.32 Å². The van der Waals surface area contributed by atoms with E-state index in [9.17, 15) is 0 Å². The van der Waals surface area contributed by atoms with Crippen molar-refractivity contribution >= 4 is 0 Å². The number of rotatable bonds is 6. The molecule has 0 aliphatic carbocycles. The van der Waals surface area contributed by atoms with Crippen LogP contribution in [0.1, 0.15) is 32.6 Å². The summed E-state index contributed by atoms with van der Waals surface area (Å²) < 4.78 is 10.9. The summed E-state index contributed by atoms with van der Waals surface area (Å²) in [4.78, 5) is 0. The molecule has 0 aromatic carbocycles. The van der Waals surface area contributed by atoms with Crippen molar-refractivity contribution in [2.24, 2.45) is 0 Å². The minimum Gasteiger partial charge on any atom is -0.497 e. The predicted molar refractivity (Wildman–Crippen MR) is 61.8 cm³/mol. The number of hydrogen-bond donors (Lipinski definition) is 1. The van der Waals surface area contributed by atoms with Crippen molar-refractivity contribution in [3.8, 4) is 0 Å². The average molecular weight is 213 g/mol. The van der Waals surface area contributed by atoms with Crippen LogP contribution in [-0.4, -0.2) is 32.9 Å². The van der Waals surface area contributed by atoms with Crippen LogP contribution in [0.2, 0.25) is 0 Å². The van der Waals surface area contributed by atoms with Crippen molar-refractivity contribution in [3.05, 3.63) is 11.8 Å². The fourth-order valence-corrected chi connectivity index (χ4v) is 1.77. The number of nitrogens with one attached hydrogen (secondary N) is 1. The molecule has 15 heavy (non-hydrogen) atoms. The van der Waals surface area contributed by atoms with Gasteiger partial charge in [0.05, 0.1) is 18.8 Å². The summed E-state index contributed by atoms with van der Waals surface area (Å²) in [5.74, 6) is 1.12. The van der Waals surface area contributed by atoms with Crippen LogP contribution in [0.15, 0.2) is 11.8 Å². The maximum atomic E-state index is 5.65. The van der Waals surface area contributed by atoms with E-state index < -0.39 is 0 Å². The molecule has 0 bridgehead atoms. The molecule has 0 amide bonds. The van der Waals surface area contributed by atoms with Gasteiger partial charge in [-0.05, 0) is 45.7 Å². The molecule has 88 valence electrons. The Morgan fingerprint density at radius 3 is 2.87 bits per heavy atom. The molecule has 0 spiro atoms. The van der Waals surface area contributed by atoms with Gasteiger partial charge in [0.2, 0.25) is 0 Å². The van der Waals surface area contributed by atoms with Crippen LogP contribution >= 0.6 is 0 Å². The molecule has 0 saturated carbocycles. The summed E-state index contributed by atoms with van der Waals surface area (Å²) in [6, 6.07) is 0.350. The van der Waals surface area contributed by atoms with E-state index in [0.717, 1.165) is 38.0 Å². The first-order valence-corrected chi connectivity index (χ1v) is 5.80. The Hall–Kier alpha value is -0.540. The monoisotopic (exact) mass is 213 g/mol. The lowest BCUT2D eigenvalue weighted by Gasteiger charge is -2.24. The topological polar surface area (TPSA) is 30.5 Å². The number of likely N-dealkylation sites (N-methyl/N-ethyl adjacent to an activating group) is 1. The predicted octanol–water partition coefficient (Wildman–Crippen LogP) is 2.08. The summed E-state index contributed by atoms with van der Waals surface area (Å²) in [6.45, 7) is 2.96. The highest BCUT2D eigenvalue weighted by Gasteiger charge is 2.16. The van der Waals surface area contributed by atoms with Gasteiger partial charge in [0, 0.05) is 7.11 Å². The first kappa shape index (κ1) is 12.5. The third kappa shape index (κ3) is 4.22. The molecule has 1 N–H and O–H groups in total. The zero-order chi connectivity index (χ0) is 11.1. The maximum Gasteiger partial charge on any atom is 0.109 e. The van der Waals surface area contributed by atoms with Crippen LogP contribution in [0.4, 0.5) is 0 Å². The lowest BCUT2D eigenvalue weighted by Crippen LogP contribution is -2.30. The Bertz CT molecular complexity index is 204. The molecular formula is C12H23NO2. The second-order valence-corrected chi connectivity index (χ2v) is 4.06. The first-order chi connectivity index (χ1) is 7.27. The number of methoxy groups -OCH3 is 1. The molecule has 3 nitrogen and oxygen atoms in total. The molecule has 1 heterocycles. The quantitative estimate of drug-likeness (QED) is 0.733. The summed E-state index contributed by atoms with van der Waals surface area (Å²) >= 11 is 0. The van der Waals surface area contributed by atoms with Crippen molar-refractivity contribution < 1.29 is 9.47 Å². The minimum absolute atomic E-state index is 0.324. The number of ether oxygens (including phenoxy) is 2. The van der Waals surface area contributed by atoms with Crippen LogP contribution in [0.5, 0.6) is 0 Å². The van der Waals surface area contributed by atoms with E-state index in [2.05, 4.69) is 18.3 Å². The SMILES string of the molecule is CNC(CCC(C)OC)C1=CCCCO1.